The summed E-state index contributed by atoms with van der Waals surface area (Å²) >= 11 is 0. The third-order valence-corrected chi connectivity index (χ3v) is 2.61. The van der Waals surface area contributed by atoms with Gasteiger partial charge in [-0.1, -0.05) is 0 Å². The molecule has 2 amide bonds. The highest BCUT2D eigenvalue weighted by Crippen LogP contribution is 2.04. The summed E-state index contributed by atoms with van der Waals surface area (Å²) in [7, 11) is 3.52. The van der Waals surface area contributed by atoms with Gasteiger partial charge >= 0.3 is 23.9 Å². The van der Waals surface area contributed by atoms with Crippen molar-refractivity contribution >= 4 is 23.9 Å². The van der Waals surface area contributed by atoms with Gasteiger partial charge in [-0.05, 0) is 6.92 Å². The van der Waals surface area contributed by atoms with E-state index >= 15 is 0 Å². The number of hydrogen-bond acceptors (Lipinski definition) is 6. The predicted octanol–water partition coefficient (Wildman–Crippen LogP) is -0.841. The van der Waals surface area contributed by atoms with E-state index < -0.39 is 43.1 Å². The Labute approximate surface area is 116 Å². The number of likely N-dealkylation sites (N-methyl/N-ethyl adjacent to an activating group) is 1. The summed E-state index contributed by atoms with van der Waals surface area (Å²) in [5, 5.41) is 8.84. The quantitative estimate of drug-likeness (QED) is 0.634. The Balaban J connectivity index is 4.99. The summed E-state index contributed by atoms with van der Waals surface area (Å²) in [6.45, 7) is 0.330. The Bertz CT molecular complexity index is 378. The van der Waals surface area contributed by atoms with Crippen molar-refractivity contribution in [3.05, 3.63) is 0 Å². The van der Waals surface area contributed by atoms with E-state index in [0.29, 0.717) is 0 Å². The standard InChI is InChI=1S/C11H18N2O7/c1-7(10(16)17)12(2)11(18)13(5-8(14)19-3)6-9(15)20-4/h7H,5-6H2,1-4H3,(H,16,17). The minimum atomic E-state index is -1.21. The maximum atomic E-state index is 12.1. The Hall–Kier alpha value is -2.32. The first-order valence-electron chi connectivity index (χ1n) is 5.62. The van der Waals surface area contributed by atoms with Crippen LogP contribution in [0.3, 0.4) is 0 Å². The van der Waals surface area contributed by atoms with Gasteiger partial charge in [0.1, 0.15) is 19.1 Å². The van der Waals surface area contributed by atoms with Gasteiger partial charge in [0, 0.05) is 7.05 Å². The van der Waals surface area contributed by atoms with Gasteiger partial charge in [-0.2, -0.15) is 0 Å². The third-order valence-electron chi connectivity index (χ3n) is 2.61. The van der Waals surface area contributed by atoms with E-state index in [1.807, 2.05) is 0 Å². The van der Waals surface area contributed by atoms with Crippen molar-refractivity contribution in [2.45, 2.75) is 13.0 Å². The topological polar surface area (TPSA) is 113 Å². The molecule has 9 nitrogen and oxygen atoms in total. The van der Waals surface area contributed by atoms with Gasteiger partial charge in [-0.25, -0.2) is 9.59 Å². The van der Waals surface area contributed by atoms with Crippen LogP contribution in [0.15, 0.2) is 0 Å². The van der Waals surface area contributed by atoms with Gasteiger partial charge in [0.15, 0.2) is 0 Å². The zero-order valence-corrected chi connectivity index (χ0v) is 11.8. The van der Waals surface area contributed by atoms with Gasteiger partial charge in [0.25, 0.3) is 0 Å². The number of hydrogen-bond donors (Lipinski definition) is 1. The summed E-state index contributed by atoms with van der Waals surface area (Å²) in [4.78, 5) is 47.1. The second-order valence-electron chi connectivity index (χ2n) is 3.92. The van der Waals surface area contributed by atoms with Crippen molar-refractivity contribution in [1.82, 2.24) is 9.80 Å². The molecule has 20 heavy (non-hydrogen) atoms. The summed E-state index contributed by atoms with van der Waals surface area (Å²) < 4.78 is 8.83. The molecule has 0 aliphatic carbocycles. The van der Waals surface area contributed by atoms with Crippen LogP contribution in [0.1, 0.15) is 6.92 Å². The Morgan fingerprint density at radius 2 is 1.45 bits per heavy atom. The van der Waals surface area contributed by atoms with Crippen molar-refractivity contribution in [3.63, 3.8) is 0 Å². The third kappa shape index (κ3) is 5.12. The molecule has 1 atom stereocenters. The van der Waals surface area contributed by atoms with Crippen molar-refractivity contribution in [1.29, 1.82) is 0 Å². The number of rotatable bonds is 6. The fourth-order valence-electron chi connectivity index (χ4n) is 1.19. The van der Waals surface area contributed by atoms with Crippen LogP contribution in [0.4, 0.5) is 4.79 Å². The molecule has 0 aliphatic rings. The molecular formula is C11H18N2O7. The molecule has 1 N–H and O–H groups in total. The first kappa shape index (κ1) is 17.7. The lowest BCUT2D eigenvalue weighted by molar-refractivity contribution is -0.144. The van der Waals surface area contributed by atoms with E-state index in [1.165, 1.54) is 14.0 Å². The van der Waals surface area contributed by atoms with E-state index in [9.17, 15) is 19.2 Å². The highest BCUT2D eigenvalue weighted by atomic mass is 16.5. The number of methoxy groups -OCH3 is 2. The number of carbonyl (C=O) groups excluding carboxylic acids is 3. The van der Waals surface area contributed by atoms with E-state index in [4.69, 9.17) is 5.11 Å². The van der Waals surface area contributed by atoms with Crippen LogP contribution in [0.25, 0.3) is 0 Å². The number of aliphatic carboxylic acids is 1. The van der Waals surface area contributed by atoms with Crippen molar-refractivity contribution in [2.75, 3.05) is 34.4 Å². The average molecular weight is 290 g/mol. The smallest absolute Gasteiger partial charge is 0.326 e. The molecule has 0 spiro atoms. The van der Waals surface area contributed by atoms with Crippen LogP contribution in [0.2, 0.25) is 0 Å². The van der Waals surface area contributed by atoms with Crippen molar-refractivity contribution < 1.29 is 33.8 Å². The monoisotopic (exact) mass is 290 g/mol. The fourth-order valence-corrected chi connectivity index (χ4v) is 1.19. The molecule has 0 aliphatic heterocycles. The van der Waals surface area contributed by atoms with Crippen LogP contribution >= 0.6 is 0 Å². The number of amides is 2. The molecule has 0 heterocycles. The zero-order chi connectivity index (χ0) is 15.9. The SMILES string of the molecule is COC(=O)CN(CC(=O)OC)C(=O)N(C)C(C)C(=O)O. The maximum absolute atomic E-state index is 12.1. The second kappa shape index (κ2) is 7.97. The number of carbonyl (C=O) groups is 4. The molecule has 0 aromatic rings. The van der Waals surface area contributed by atoms with Gasteiger partial charge in [0.2, 0.25) is 0 Å². The molecule has 114 valence electrons. The largest absolute Gasteiger partial charge is 0.480 e. The van der Waals surface area contributed by atoms with E-state index in [1.54, 1.807) is 0 Å². The molecule has 0 radical (unpaired) electrons. The second-order valence-corrected chi connectivity index (χ2v) is 3.92. The Kier molecular flexibility index (Phi) is 7.05. The highest BCUT2D eigenvalue weighted by molar-refractivity contribution is 5.87. The first-order chi connectivity index (χ1) is 9.24. The molecule has 1 unspecified atom stereocenters. The molecular weight excluding hydrogens is 272 g/mol. The molecule has 0 aromatic carbocycles. The molecule has 0 bridgehead atoms. The normalized spacial score (nSPS) is 11.2. The van der Waals surface area contributed by atoms with Crippen LogP contribution in [-0.2, 0) is 23.9 Å². The number of esters is 2. The predicted molar refractivity (Wildman–Crippen MR) is 65.9 cm³/mol. The lowest BCUT2D eigenvalue weighted by Gasteiger charge is -2.28. The van der Waals surface area contributed by atoms with Gasteiger partial charge in [-0.15, -0.1) is 0 Å². The minimum Gasteiger partial charge on any atom is -0.480 e. The Morgan fingerprint density at radius 3 is 1.75 bits per heavy atom. The first-order valence-corrected chi connectivity index (χ1v) is 5.62. The lowest BCUT2D eigenvalue weighted by atomic mass is 10.3. The van der Waals surface area contributed by atoms with Crippen LogP contribution < -0.4 is 0 Å². The molecule has 0 rings (SSSR count). The van der Waals surface area contributed by atoms with E-state index in [2.05, 4.69) is 9.47 Å². The Morgan fingerprint density at radius 1 is 1.05 bits per heavy atom. The summed E-state index contributed by atoms with van der Waals surface area (Å²) in [6.07, 6.45) is 0. The molecule has 0 saturated carbocycles. The highest BCUT2D eigenvalue weighted by Gasteiger charge is 2.29. The number of carboxylic acids is 1. The number of nitrogens with zero attached hydrogens (tertiary/aromatic N) is 2. The van der Waals surface area contributed by atoms with Crippen molar-refractivity contribution in [3.8, 4) is 0 Å². The lowest BCUT2D eigenvalue weighted by Crippen LogP contribution is -2.50. The van der Waals surface area contributed by atoms with Gasteiger partial charge in [-0.3, -0.25) is 9.59 Å². The van der Waals surface area contributed by atoms with Gasteiger partial charge in [0.05, 0.1) is 14.2 Å². The number of urea groups is 1. The fraction of sp³-hybridized carbons (Fsp3) is 0.636. The van der Waals surface area contributed by atoms with Crippen LogP contribution in [0, 0.1) is 0 Å². The average Bonchev–Trinajstić information content (AvgIpc) is 2.43. The zero-order valence-electron chi connectivity index (χ0n) is 11.8. The van der Waals surface area contributed by atoms with E-state index in [0.717, 1.165) is 24.0 Å². The molecule has 0 fully saturated rings. The maximum Gasteiger partial charge on any atom is 0.326 e. The summed E-state index contributed by atoms with van der Waals surface area (Å²) in [5.41, 5.74) is 0. The summed E-state index contributed by atoms with van der Waals surface area (Å²) in [5.74, 6) is -2.69. The molecule has 0 saturated heterocycles. The van der Waals surface area contributed by atoms with Gasteiger partial charge < -0.3 is 24.4 Å². The number of carboxylic acid groups (broad SMARTS) is 1. The molecule has 0 aromatic heterocycles. The van der Waals surface area contributed by atoms with E-state index in [-0.39, 0.29) is 0 Å². The summed E-state index contributed by atoms with van der Waals surface area (Å²) in [6, 6.07) is -1.91. The van der Waals surface area contributed by atoms with Crippen LogP contribution in [0.5, 0.6) is 0 Å². The van der Waals surface area contributed by atoms with Crippen molar-refractivity contribution in [2.24, 2.45) is 0 Å². The number of ether oxygens (including phenoxy) is 2. The minimum absolute atomic E-state index is 0.485. The van der Waals surface area contributed by atoms with Crippen LogP contribution in [-0.4, -0.2) is 79.2 Å². The molecule has 9 heteroatoms.